The maximum Gasteiger partial charge on any atom is 0.410 e. The molecule has 2 fully saturated rings. The van der Waals surface area contributed by atoms with Crippen LogP contribution in [0.3, 0.4) is 0 Å². The van der Waals surface area contributed by atoms with E-state index in [1.807, 2.05) is 25.7 Å². The summed E-state index contributed by atoms with van der Waals surface area (Å²) in [5, 5.41) is 3.78. The Labute approximate surface area is 154 Å². The van der Waals surface area contributed by atoms with Crippen LogP contribution in [0.2, 0.25) is 0 Å². The van der Waals surface area contributed by atoms with Gasteiger partial charge < -0.3 is 20.7 Å². The number of likely N-dealkylation sites (tertiary alicyclic amines) is 1. The first-order valence-electron chi connectivity index (χ1n) is 10.4. The van der Waals surface area contributed by atoms with E-state index in [9.17, 15) is 4.79 Å². The van der Waals surface area contributed by atoms with Gasteiger partial charge in [-0.1, -0.05) is 12.8 Å². The molecule has 2 aliphatic rings. The number of amides is 1. The number of nitrogens with two attached hydrogens (primary N) is 1. The van der Waals surface area contributed by atoms with Crippen LogP contribution in [0.25, 0.3) is 0 Å². The molecule has 0 aromatic heterocycles. The summed E-state index contributed by atoms with van der Waals surface area (Å²) >= 11 is 0. The molecule has 0 spiro atoms. The van der Waals surface area contributed by atoms with Crippen LogP contribution in [-0.4, -0.2) is 48.3 Å². The third kappa shape index (κ3) is 6.45. The number of hydrogen-bond donors (Lipinski definition) is 2. The summed E-state index contributed by atoms with van der Waals surface area (Å²) in [5.41, 5.74) is 5.18. The fourth-order valence-electron chi connectivity index (χ4n) is 4.38. The Morgan fingerprint density at radius 2 is 1.84 bits per heavy atom. The van der Waals surface area contributed by atoms with Gasteiger partial charge in [-0.3, -0.25) is 0 Å². The van der Waals surface area contributed by atoms with Crippen LogP contribution >= 0.6 is 0 Å². The van der Waals surface area contributed by atoms with Crippen molar-refractivity contribution in [2.24, 2.45) is 11.7 Å². The number of unbranched alkanes of at least 4 members (excludes halogenated alkanes) is 1. The minimum absolute atomic E-state index is 0.121. The fourth-order valence-corrected chi connectivity index (χ4v) is 4.38. The van der Waals surface area contributed by atoms with Gasteiger partial charge in [-0.2, -0.15) is 0 Å². The molecule has 3 atom stereocenters. The molecule has 1 aliphatic carbocycles. The predicted molar refractivity (Wildman–Crippen MR) is 103 cm³/mol. The first-order chi connectivity index (χ1) is 11.9. The monoisotopic (exact) mass is 353 g/mol. The van der Waals surface area contributed by atoms with E-state index in [1.54, 1.807) is 0 Å². The lowest BCUT2D eigenvalue weighted by Gasteiger charge is -2.45. The molecule has 0 aromatic rings. The molecule has 25 heavy (non-hydrogen) atoms. The van der Waals surface area contributed by atoms with Crippen molar-refractivity contribution in [2.75, 3.05) is 19.6 Å². The van der Waals surface area contributed by atoms with Gasteiger partial charge >= 0.3 is 6.09 Å². The van der Waals surface area contributed by atoms with Crippen LogP contribution in [0.5, 0.6) is 0 Å². The Hall–Kier alpha value is -0.810. The van der Waals surface area contributed by atoms with Crippen LogP contribution < -0.4 is 11.1 Å². The Morgan fingerprint density at radius 1 is 1.12 bits per heavy atom. The summed E-state index contributed by atoms with van der Waals surface area (Å²) in [6.45, 7) is 8.50. The van der Waals surface area contributed by atoms with Gasteiger partial charge in [0, 0.05) is 18.6 Å². The summed E-state index contributed by atoms with van der Waals surface area (Å²) in [7, 11) is 0. The number of piperidine rings is 1. The van der Waals surface area contributed by atoms with Crippen LogP contribution in [0.15, 0.2) is 0 Å². The number of rotatable bonds is 6. The summed E-state index contributed by atoms with van der Waals surface area (Å²) in [6.07, 6.45) is 10.6. The standard InChI is InChI=1S/C20H39N3O2/c1-20(2,3)25-19(24)23-15-9-6-12-18(23)16-10-4-5-11-17(16)22-14-8-7-13-21/h16-18,22H,4-15,21H2,1-3H3. The summed E-state index contributed by atoms with van der Waals surface area (Å²) in [4.78, 5) is 14.8. The SMILES string of the molecule is CC(C)(C)OC(=O)N1CCCCC1C1CCCCC1NCCCCN. The zero-order valence-electron chi connectivity index (χ0n) is 16.6. The van der Waals surface area contributed by atoms with Crippen molar-refractivity contribution in [3.05, 3.63) is 0 Å². The fraction of sp³-hybridized carbons (Fsp3) is 0.950. The molecule has 1 aliphatic heterocycles. The van der Waals surface area contributed by atoms with Gasteiger partial charge in [-0.15, -0.1) is 0 Å². The number of ether oxygens (including phenoxy) is 1. The highest BCUT2D eigenvalue weighted by Gasteiger charge is 2.39. The molecular weight excluding hydrogens is 314 g/mol. The topological polar surface area (TPSA) is 67.6 Å². The highest BCUT2D eigenvalue weighted by atomic mass is 16.6. The van der Waals surface area contributed by atoms with Gasteiger partial charge in [-0.25, -0.2) is 4.79 Å². The number of nitrogens with zero attached hydrogens (tertiary/aromatic N) is 1. The second-order valence-electron chi connectivity index (χ2n) is 8.74. The highest BCUT2D eigenvalue weighted by Crippen LogP contribution is 2.34. The molecule has 5 nitrogen and oxygen atoms in total. The number of hydrogen-bond acceptors (Lipinski definition) is 4. The first-order valence-corrected chi connectivity index (χ1v) is 10.4. The Kier molecular flexibility index (Phi) is 8.01. The van der Waals surface area contributed by atoms with Gasteiger partial charge in [0.1, 0.15) is 5.60 Å². The Bertz CT molecular complexity index is 408. The van der Waals surface area contributed by atoms with E-state index in [0.29, 0.717) is 18.0 Å². The van der Waals surface area contributed by atoms with Gasteiger partial charge in [0.15, 0.2) is 0 Å². The molecule has 3 N–H and O–H groups in total. The van der Waals surface area contributed by atoms with E-state index in [4.69, 9.17) is 10.5 Å². The molecule has 0 radical (unpaired) electrons. The van der Waals surface area contributed by atoms with Crippen molar-refractivity contribution in [1.82, 2.24) is 10.2 Å². The van der Waals surface area contributed by atoms with E-state index >= 15 is 0 Å². The highest BCUT2D eigenvalue weighted by molar-refractivity contribution is 5.68. The maximum absolute atomic E-state index is 12.7. The molecular formula is C20H39N3O2. The average molecular weight is 354 g/mol. The first kappa shape index (κ1) is 20.5. The molecule has 2 rings (SSSR count). The van der Waals surface area contributed by atoms with Gasteiger partial charge in [0.25, 0.3) is 0 Å². The third-order valence-electron chi connectivity index (χ3n) is 5.53. The normalized spacial score (nSPS) is 28.0. The van der Waals surface area contributed by atoms with E-state index in [2.05, 4.69) is 5.32 Å². The minimum atomic E-state index is -0.425. The lowest BCUT2D eigenvalue weighted by Crippen LogP contribution is -2.55. The molecule has 0 aromatic carbocycles. The predicted octanol–water partition coefficient (Wildman–Crippen LogP) is 3.66. The van der Waals surface area contributed by atoms with Crippen molar-refractivity contribution in [3.8, 4) is 0 Å². The number of nitrogens with one attached hydrogen (secondary N) is 1. The average Bonchev–Trinajstić information content (AvgIpc) is 2.58. The molecule has 1 saturated carbocycles. The van der Waals surface area contributed by atoms with Crippen LogP contribution in [0, 0.1) is 5.92 Å². The number of carbonyl (C=O) groups excluding carboxylic acids is 1. The molecule has 3 unspecified atom stereocenters. The van der Waals surface area contributed by atoms with Crippen LogP contribution in [0.1, 0.15) is 78.6 Å². The molecule has 146 valence electrons. The molecule has 1 saturated heterocycles. The summed E-state index contributed by atoms with van der Waals surface area (Å²) in [6, 6.07) is 0.857. The third-order valence-corrected chi connectivity index (χ3v) is 5.53. The van der Waals surface area contributed by atoms with E-state index in [1.165, 1.54) is 32.1 Å². The van der Waals surface area contributed by atoms with Crippen LogP contribution in [-0.2, 0) is 4.74 Å². The van der Waals surface area contributed by atoms with E-state index < -0.39 is 5.60 Å². The van der Waals surface area contributed by atoms with Crippen molar-refractivity contribution < 1.29 is 9.53 Å². The second-order valence-corrected chi connectivity index (χ2v) is 8.74. The largest absolute Gasteiger partial charge is 0.444 e. The lowest BCUT2D eigenvalue weighted by atomic mass is 9.76. The van der Waals surface area contributed by atoms with Gasteiger partial charge in [-0.05, 0) is 84.7 Å². The van der Waals surface area contributed by atoms with Crippen molar-refractivity contribution in [3.63, 3.8) is 0 Å². The van der Waals surface area contributed by atoms with Gasteiger partial charge in [0.2, 0.25) is 0 Å². The molecule has 1 amide bonds. The minimum Gasteiger partial charge on any atom is -0.444 e. The zero-order valence-corrected chi connectivity index (χ0v) is 16.6. The smallest absolute Gasteiger partial charge is 0.410 e. The maximum atomic E-state index is 12.7. The van der Waals surface area contributed by atoms with E-state index in [-0.39, 0.29) is 6.09 Å². The quantitative estimate of drug-likeness (QED) is 0.715. The Balaban J connectivity index is 2.01. The van der Waals surface area contributed by atoms with Crippen molar-refractivity contribution >= 4 is 6.09 Å². The number of carbonyl (C=O) groups is 1. The zero-order chi connectivity index (χ0) is 18.3. The summed E-state index contributed by atoms with van der Waals surface area (Å²) < 4.78 is 5.70. The Morgan fingerprint density at radius 3 is 2.56 bits per heavy atom. The molecule has 0 bridgehead atoms. The van der Waals surface area contributed by atoms with E-state index in [0.717, 1.165) is 45.3 Å². The second kappa shape index (κ2) is 9.77. The van der Waals surface area contributed by atoms with Crippen LogP contribution in [0.4, 0.5) is 4.79 Å². The van der Waals surface area contributed by atoms with Crippen molar-refractivity contribution in [1.29, 1.82) is 0 Å². The van der Waals surface area contributed by atoms with Crippen molar-refractivity contribution in [2.45, 2.75) is 96.2 Å². The molecule has 5 heteroatoms. The van der Waals surface area contributed by atoms with Gasteiger partial charge in [0.05, 0.1) is 0 Å². The molecule has 1 heterocycles. The lowest BCUT2D eigenvalue weighted by molar-refractivity contribution is -0.00525. The summed E-state index contributed by atoms with van der Waals surface area (Å²) in [5.74, 6) is 0.555.